The van der Waals surface area contributed by atoms with Crippen LogP contribution in [0.4, 0.5) is 0 Å². The molecule has 0 aromatic heterocycles. The molecule has 78 valence electrons. The quantitative estimate of drug-likeness (QED) is 0.890. The van der Waals surface area contributed by atoms with Crippen molar-refractivity contribution in [2.75, 3.05) is 6.61 Å². The van der Waals surface area contributed by atoms with Gasteiger partial charge in [-0.2, -0.15) is 0 Å². The normalized spacial score (nSPS) is 12.9. The molecule has 0 saturated carbocycles. The van der Waals surface area contributed by atoms with Crippen molar-refractivity contribution < 1.29 is 5.11 Å². The van der Waals surface area contributed by atoms with Crippen molar-refractivity contribution in [3.05, 3.63) is 33.3 Å². The van der Waals surface area contributed by atoms with Crippen molar-refractivity contribution in [1.29, 1.82) is 0 Å². The fourth-order valence-corrected chi connectivity index (χ4v) is 2.09. The van der Waals surface area contributed by atoms with Gasteiger partial charge in [0, 0.05) is 16.1 Å². The monoisotopic (exact) mass is 276 g/mol. The molecular formula is C11H14BrClO. The van der Waals surface area contributed by atoms with Crippen LogP contribution in [0, 0.1) is 5.92 Å². The third kappa shape index (κ3) is 3.26. The van der Waals surface area contributed by atoms with Crippen molar-refractivity contribution in [3.8, 4) is 0 Å². The molecule has 3 heteroatoms. The summed E-state index contributed by atoms with van der Waals surface area (Å²) in [6.45, 7) is 2.30. The molecule has 1 unspecified atom stereocenters. The summed E-state index contributed by atoms with van der Waals surface area (Å²) in [6, 6.07) is 5.87. The molecule has 1 atom stereocenters. The van der Waals surface area contributed by atoms with E-state index in [1.807, 2.05) is 18.2 Å². The second-order valence-corrected chi connectivity index (χ2v) is 4.72. The van der Waals surface area contributed by atoms with E-state index < -0.39 is 0 Å². The molecular weight excluding hydrogens is 263 g/mol. The number of hydrogen-bond donors (Lipinski definition) is 1. The van der Waals surface area contributed by atoms with E-state index in [9.17, 15) is 0 Å². The number of aliphatic hydroxyl groups excluding tert-OH is 1. The molecule has 0 aliphatic heterocycles. The van der Waals surface area contributed by atoms with Crippen molar-refractivity contribution in [2.24, 2.45) is 5.92 Å². The first-order valence-electron chi connectivity index (χ1n) is 4.72. The van der Waals surface area contributed by atoms with Gasteiger partial charge in [-0.05, 0) is 30.0 Å². The van der Waals surface area contributed by atoms with Crippen LogP contribution in [0.1, 0.15) is 18.9 Å². The third-order valence-electron chi connectivity index (χ3n) is 2.36. The van der Waals surface area contributed by atoms with Crippen LogP contribution in [0.15, 0.2) is 22.7 Å². The summed E-state index contributed by atoms with van der Waals surface area (Å²) in [4.78, 5) is 0. The molecule has 1 N–H and O–H groups in total. The van der Waals surface area contributed by atoms with Crippen LogP contribution >= 0.6 is 27.5 Å². The minimum absolute atomic E-state index is 0.225. The largest absolute Gasteiger partial charge is 0.396 e. The van der Waals surface area contributed by atoms with Gasteiger partial charge in [-0.25, -0.2) is 0 Å². The van der Waals surface area contributed by atoms with Gasteiger partial charge in [0.2, 0.25) is 0 Å². The summed E-state index contributed by atoms with van der Waals surface area (Å²) < 4.78 is 0.989. The van der Waals surface area contributed by atoms with Gasteiger partial charge in [-0.1, -0.05) is 46.9 Å². The zero-order chi connectivity index (χ0) is 10.6. The highest BCUT2D eigenvalue weighted by Crippen LogP contribution is 2.24. The lowest BCUT2D eigenvalue weighted by molar-refractivity contribution is 0.222. The Balaban J connectivity index is 2.76. The number of rotatable bonds is 4. The topological polar surface area (TPSA) is 20.2 Å². The Morgan fingerprint density at radius 2 is 2.21 bits per heavy atom. The second kappa shape index (κ2) is 5.74. The molecule has 14 heavy (non-hydrogen) atoms. The smallest absolute Gasteiger partial charge is 0.0462 e. The van der Waals surface area contributed by atoms with Gasteiger partial charge < -0.3 is 5.11 Å². The van der Waals surface area contributed by atoms with Crippen molar-refractivity contribution in [1.82, 2.24) is 0 Å². The highest BCUT2D eigenvalue weighted by Gasteiger charge is 2.08. The van der Waals surface area contributed by atoms with E-state index >= 15 is 0 Å². The SMILES string of the molecule is CCC(CO)Cc1ccc(Br)cc1Cl. The summed E-state index contributed by atoms with van der Waals surface area (Å²) in [6.07, 6.45) is 1.82. The zero-order valence-corrected chi connectivity index (χ0v) is 10.5. The van der Waals surface area contributed by atoms with Crippen LogP contribution in [0.5, 0.6) is 0 Å². The lowest BCUT2D eigenvalue weighted by Crippen LogP contribution is -2.08. The Morgan fingerprint density at radius 1 is 1.50 bits per heavy atom. The predicted octanol–water partition coefficient (Wildman–Crippen LogP) is 3.66. The van der Waals surface area contributed by atoms with Crippen LogP contribution in [-0.4, -0.2) is 11.7 Å². The Bertz CT molecular complexity index is 297. The first-order valence-corrected chi connectivity index (χ1v) is 5.89. The van der Waals surface area contributed by atoms with E-state index in [4.69, 9.17) is 16.7 Å². The lowest BCUT2D eigenvalue weighted by atomic mass is 9.98. The van der Waals surface area contributed by atoms with E-state index in [2.05, 4.69) is 22.9 Å². The standard InChI is InChI=1S/C11H14BrClO/c1-2-8(7-14)5-9-3-4-10(12)6-11(9)13/h3-4,6,8,14H,2,5,7H2,1H3. The van der Waals surface area contributed by atoms with Gasteiger partial charge in [0.15, 0.2) is 0 Å². The van der Waals surface area contributed by atoms with E-state index in [0.717, 1.165) is 27.9 Å². The molecule has 0 radical (unpaired) electrons. The van der Waals surface area contributed by atoms with Gasteiger partial charge in [-0.3, -0.25) is 0 Å². The average molecular weight is 278 g/mol. The van der Waals surface area contributed by atoms with Crippen LogP contribution in [0.3, 0.4) is 0 Å². The van der Waals surface area contributed by atoms with Crippen LogP contribution in [-0.2, 0) is 6.42 Å². The Labute approximate surface area is 98.2 Å². The molecule has 0 spiro atoms. The first kappa shape index (κ1) is 12.0. The Morgan fingerprint density at radius 3 is 2.71 bits per heavy atom. The number of aliphatic hydroxyl groups is 1. The van der Waals surface area contributed by atoms with Gasteiger partial charge in [0.25, 0.3) is 0 Å². The molecule has 0 heterocycles. The molecule has 0 fully saturated rings. The van der Waals surface area contributed by atoms with Crippen LogP contribution in [0.2, 0.25) is 5.02 Å². The molecule has 1 aromatic rings. The minimum Gasteiger partial charge on any atom is -0.396 e. The summed E-state index contributed by atoms with van der Waals surface area (Å²) in [7, 11) is 0. The third-order valence-corrected chi connectivity index (χ3v) is 3.20. The number of halogens is 2. The van der Waals surface area contributed by atoms with Crippen molar-refractivity contribution in [3.63, 3.8) is 0 Å². The number of hydrogen-bond acceptors (Lipinski definition) is 1. The average Bonchev–Trinajstić information content (AvgIpc) is 2.17. The van der Waals surface area contributed by atoms with E-state index in [1.165, 1.54) is 0 Å². The number of benzene rings is 1. The molecule has 0 saturated heterocycles. The molecule has 1 rings (SSSR count). The molecule has 0 amide bonds. The fraction of sp³-hybridized carbons (Fsp3) is 0.455. The maximum atomic E-state index is 9.08. The lowest BCUT2D eigenvalue weighted by Gasteiger charge is -2.12. The summed E-state index contributed by atoms with van der Waals surface area (Å²) in [5, 5.41) is 9.85. The van der Waals surface area contributed by atoms with Crippen LogP contribution < -0.4 is 0 Å². The van der Waals surface area contributed by atoms with Crippen LogP contribution in [0.25, 0.3) is 0 Å². The van der Waals surface area contributed by atoms with Crippen molar-refractivity contribution in [2.45, 2.75) is 19.8 Å². The molecule has 1 nitrogen and oxygen atoms in total. The molecule has 0 aliphatic carbocycles. The maximum absolute atomic E-state index is 9.08. The second-order valence-electron chi connectivity index (χ2n) is 3.40. The Hall–Kier alpha value is -0.0500. The van der Waals surface area contributed by atoms with E-state index in [0.29, 0.717) is 5.92 Å². The summed E-state index contributed by atoms with van der Waals surface area (Å²) in [5.74, 6) is 0.314. The fourth-order valence-electron chi connectivity index (χ4n) is 1.34. The van der Waals surface area contributed by atoms with E-state index in [1.54, 1.807) is 0 Å². The minimum atomic E-state index is 0.225. The van der Waals surface area contributed by atoms with Crippen molar-refractivity contribution >= 4 is 27.5 Å². The highest BCUT2D eigenvalue weighted by atomic mass is 79.9. The van der Waals surface area contributed by atoms with E-state index in [-0.39, 0.29) is 6.61 Å². The first-order chi connectivity index (χ1) is 6.67. The van der Waals surface area contributed by atoms with Gasteiger partial charge in [0.1, 0.15) is 0 Å². The molecule has 0 aliphatic rings. The Kier molecular flexibility index (Phi) is 4.93. The zero-order valence-electron chi connectivity index (χ0n) is 8.13. The summed E-state index contributed by atoms with van der Waals surface area (Å²) in [5.41, 5.74) is 1.11. The summed E-state index contributed by atoms with van der Waals surface area (Å²) >= 11 is 9.44. The maximum Gasteiger partial charge on any atom is 0.0462 e. The van der Waals surface area contributed by atoms with Gasteiger partial charge in [0.05, 0.1) is 0 Å². The van der Waals surface area contributed by atoms with Gasteiger partial charge in [-0.15, -0.1) is 0 Å². The van der Waals surface area contributed by atoms with Gasteiger partial charge >= 0.3 is 0 Å². The molecule has 0 bridgehead atoms. The molecule has 1 aromatic carbocycles. The highest BCUT2D eigenvalue weighted by molar-refractivity contribution is 9.10. The predicted molar refractivity (Wildman–Crippen MR) is 63.7 cm³/mol.